The molecule has 0 radical (unpaired) electrons. The normalized spacial score (nSPS) is 10.9. The third-order valence-electron chi connectivity index (χ3n) is 6.60. The number of halogens is 1. The maximum Gasteiger partial charge on any atom is 0.343 e. The highest BCUT2D eigenvalue weighted by atomic mass is 35.5. The van der Waals surface area contributed by atoms with Gasteiger partial charge in [-0.1, -0.05) is 11.6 Å². The van der Waals surface area contributed by atoms with Gasteiger partial charge in [-0.2, -0.15) is 5.10 Å². The summed E-state index contributed by atoms with van der Waals surface area (Å²) in [6.07, 6.45) is 1.36. The van der Waals surface area contributed by atoms with Crippen molar-refractivity contribution in [1.82, 2.24) is 5.43 Å². The predicted molar refractivity (Wildman–Crippen MR) is 179 cm³/mol. The first-order valence-electron chi connectivity index (χ1n) is 13.9. The smallest absolute Gasteiger partial charge is 0.343 e. The van der Waals surface area contributed by atoms with Crippen molar-refractivity contribution in [3.63, 3.8) is 0 Å². The lowest BCUT2D eigenvalue weighted by Crippen LogP contribution is -2.17. The van der Waals surface area contributed by atoms with Crippen LogP contribution >= 0.6 is 22.9 Å². The first kappa shape index (κ1) is 33.2. The van der Waals surface area contributed by atoms with Gasteiger partial charge in [-0.25, -0.2) is 10.2 Å². The third-order valence-corrected chi connectivity index (χ3v) is 8.25. The van der Waals surface area contributed by atoms with Gasteiger partial charge in [-0.15, -0.1) is 11.3 Å². The predicted octanol–water partition coefficient (Wildman–Crippen LogP) is 7.01. The number of esters is 1. The summed E-state index contributed by atoms with van der Waals surface area (Å²) in [4.78, 5) is 59.1. The Morgan fingerprint density at radius 1 is 0.854 bits per heavy atom. The van der Waals surface area contributed by atoms with Gasteiger partial charge in [0.2, 0.25) is 0 Å². The summed E-state index contributed by atoms with van der Waals surface area (Å²) in [5.74, 6) is -1.42. The van der Waals surface area contributed by atoms with Gasteiger partial charge in [0.05, 0.1) is 33.3 Å². The summed E-state index contributed by atoms with van der Waals surface area (Å²) >= 11 is 7.39. The first-order chi connectivity index (χ1) is 23.0. The van der Waals surface area contributed by atoms with Crippen molar-refractivity contribution in [3.8, 4) is 11.5 Å². The van der Waals surface area contributed by atoms with E-state index in [9.17, 15) is 34.6 Å². The average molecular weight is 688 g/mol. The maximum absolute atomic E-state index is 12.9. The van der Waals surface area contributed by atoms with E-state index in [1.165, 1.54) is 79.0 Å². The van der Waals surface area contributed by atoms with Crippen molar-refractivity contribution in [2.75, 3.05) is 11.9 Å². The van der Waals surface area contributed by atoms with Gasteiger partial charge < -0.3 is 14.8 Å². The van der Waals surface area contributed by atoms with E-state index in [0.29, 0.717) is 21.3 Å². The summed E-state index contributed by atoms with van der Waals surface area (Å²) in [6, 6.07) is 19.8. The number of thiophene rings is 1. The molecule has 0 aliphatic heterocycles. The number of hydrogen-bond donors (Lipinski definition) is 2. The SMILES string of the molecule is CCOc1cc(/C=N\NC(=O)c2ccc(NC(=O)c3sc4cc([N+](=O)[O-])ccc4c3Cl)cc2)ccc1OC(=O)c1ccc([N+](=O)[O-])cc1. The second-order valence-electron chi connectivity index (χ2n) is 9.75. The van der Waals surface area contributed by atoms with Crippen LogP contribution in [0.5, 0.6) is 11.5 Å². The van der Waals surface area contributed by atoms with E-state index in [2.05, 4.69) is 15.8 Å². The Balaban J connectivity index is 1.19. The summed E-state index contributed by atoms with van der Waals surface area (Å²) in [7, 11) is 0. The topological polar surface area (TPSA) is 192 Å². The van der Waals surface area contributed by atoms with Crippen LogP contribution in [0.2, 0.25) is 5.02 Å². The molecule has 16 heteroatoms. The average Bonchev–Trinajstić information content (AvgIpc) is 3.41. The van der Waals surface area contributed by atoms with Gasteiger partial charge in [0, 0.05) is 45.6 Å². The Morgan fingerprint density at radius 2 is 1.52 bits per heavy atom. The number of nitro benzene ring substituents is 2. The van der Waals surface area contributed by atoms with Crippen molar-refractivity contribution < 1.29 is 33.7 Å². The van der Waals surface area contributed by atoms with E-state index in [0.717, 1.165) is 11.3 Å². The van der Waals surface area contributed by atoms with E-state index in [1.54, 1.807) is 19.1 Å². The van der Waals surface area contributed by atoms with Crippen LogP contribution in [0.25, 0.3) is 10.1 Å². The second-order valence-corrected chi connectivity index (χ2v) is 11.2. The number of carbonyl (C=O) groups is 3. The summed E-state index contributed by atoms with van der Waals surface area (Å²) < 4.78 is 11.5. The fourth-order valence-corrected chi connectivity index (χ4v) is 5.72. The third kappa shape index (κ3) is 7.60. The highest BCUT2D eigenvalue weighted by Crippen LogP contribution is 2.37. The fraction of sp³-hybridized carbons (Fsp3) is 0.0625. The van der Waals surface area contributed by atoms with Crippen LogP contribution in [0.15, 0.2) is 90.0 Å². The number of rotatable bonds is 11. The Morgan fingerprint density at radius 3 is 2.19 bits per heavy atom. The molecule has 14 nitrogen and oxygen atoms in total. The molecule has 48 heavy (non-hydrogen) atoms. The Kier molecular flexibility index (Phi) is 10.0. The lowest BCUT2D eigenvalue weighted by Gasteiger charge is -2.11. The van der Waals surface area contributed by atoms with Crippen molar-refractivity contribution in [1.29, 1.82) is 0 Å². The highest BCUT2D eigenvalue weighted by Gasteiger charge is 2.20. The number of hydrazone groups is 1. The van der Waals surface area contributed by atoms with E-state index in [-0.39, 0.29) is 50.5 Å². The number of nitro groups is 2. The first-order valence-corrected chi connectivity index (χ1v) is 15.1. The lowest BCUT2D eigenvalue weighted by atomic mass is 10.2. The molecule has 0 bridgehead atoms. The standard InChI is InChI=1S/C32H22ClN5O9S/c1-2-46-26-15-18(3-14-25(26)47-32(41)20-6-10-22(11-7-20)37(42)43)17-34-36-30(39)19-4-8-21(9-5-19)35-31(40)29-28(33)24-13-12-23(38(44)45)16-27(24)48-29/h3-17H,2H2,1H3,(H,35,40)(H,36,39)/b34-17-. The molecule has 242 valence electrons. The molecule has 1 heterocycles. The van der Waals surface area contributed by atoms with Crippen molar-refractivity contribution in [2.24, 2.45) is 5.10 Å². The van der Waals surface area contributed by atoms with E-state index in [4.69, 9.17) is 21.1 Å². The molecule has 5 aromatic rings. The quantitative estimate of drug-likeness (QED) is 0.0483. The highest BCUT2D eigenvalue weighted by molar-refractivity contribution is 7.21. The molecule has 0 unspecified atom stereocenters. The molecule has 0 aliphatic rings. The van der Waals surface area contributed by atoms with E-state index in [1.807, 2.05) is 0 Å². The largest absolute Gasteiger partial charge is 0.490 e. The molecular formula is C32H22ClN5O9S. The summed E-state index contributed by atoms with van der Waals surface area (Å²) in [5.41, 5.74) is 3.40. The number of benzene rings is 4. The Labute approximate surface area is 279 Å². The van der Waals surface area contributed by atoms with E-state index < -0.39 is 27.6 Å². The van der Waals surface area contributed by atoms with Crippen LogP contribution in [0, 0.1) is 20.2 Å². The molecule has 2 N–H and O–H groups in total. The van der Waals surface area contributed by atoms with Gasteiger partial charge in [-0.05, 0) is 73.2 Å². The van der Waals surface area contributed by atoms with Crippen molar-refractivity contribution in [2.45, 2.75) is 6.92 Å². The molecule has 0 spiro atoms. The minimum atomic E-state index is -0.734. The Bertz CT molecular complexity index is 2100. The number of non-ortho nitro benzene ring substituents is 2. The van der Waals surface area contributed by atoms with Gasteiger partial charge in [0.15, 0.2) is 11.5 Å². The number of amides is 2. The van der Waals surface area contributed by atoms with E-state index >= 15 is 0 Å². The zero-order valence-corrected chi connectivity index (χ0v) is 26.2. The monoisotopic (exact) mass is 687 g/mol. The number of hydrogen-bond acceptors (Lipinski definition) is 11. The number of nitrogens with zero attached hydrogens (tertiary/aromatic N) is 3. The maximum atomic E-state index is 12.9. The molecule has 4 aromatic carbocycles. The van der Waals surface area contributed by atoms with Gasteiger partial charge in [-0.3, -0.25) is 29.8 Å². The molecule has 0 saturated carbocycles. The molecule has 0 saturated heterocycles. The second kappa shape index (κ2) is 14.5. The van der Waals surface area contributed by atoms with Crippen LogP contribution in [-0.2, 0) is 0 Å². The number of fused-ring (bicyclic) bond motifs is 1. The molecular weight excluding hydrogens is 666 g/mol. The van der Waals surface area contributed by atoms with Crippen LogP contribution in [0.3, 0.4) is 0 Å². The zero-order chi connectivity index (χ0) is 34.4. The molecule has 0 atom stereocenters. The molecule has 0 fully saturated rings. The molecule has 1 aromatic heterocycles. The van der Waals surface area contributed by atoms with Crippen LogP contribution in [0.4, 0.5) is 17.1 Å². The fourth-order valence-electron chi connectivity index (χ4n) is 4.27. The number of nitrogens with one attached hydrogen (secondary N) is 2. The van der Waals surface area contributed by atoms with Crippen molar-refractivity contribution >= 4 is 74.1 Å². The molecule has 5 rings (SSSR count). The van der Waals surface area contributed by atoms with Crippen molar-refractivity contribution in [3.05, 3.63) is 132 Å². The van der Waals surface area contributed by atoms with Crippen LogP contribution in [0.1, 0.15) is 42.9 Å². The van der Waals surface area contributed by atoms with Gasteiger partial charge in [0.25, 0.3) is 23.2 Å². The molecule has 0 aliphatic carbocycles. The Hall–Kier alpha value is -6.19. The van der Waals surface area contributed by atoms with Crippen LogP contribution < -0.4 is 20.2 Å². The summed E-state index contributed by atoms with van der Waals surface area (Å²) in [5, 5.41) is 29.3. The molecule has 2 amide bonds. The minimum Gasteiger partial charge on any atom is -0.490 e. The van der Waals surface area contributed by atoms with Crippen LogP contribution in [-0.4, -0.2) is 40.5 Å². The number of ether oxygens (including phenoxy) is 2. The minimum absolute atomic E-state index is 0.111. The lowest BCUT2D eigenvalue weighted by molar-refractivity contribution is -0.385. The number of anilines is 1. The summed E-state index contributed by atoms with van der Waals surface area (Å²) in [6.45, 7) is 2.01. The number of carbonyl (C=O) groups excluding carboxylic acids is 3. The van der Waals surface area contributed by atoms with Gasteiger partial charge in [0.1, 0.15) is 4.88 Å². The van der Waals surface area contributed by atoms with Gasteiger partial charge >= 0.3 is 5.97 Å². The zero-order valence-electron chi connectivity index (χ0n) is 24.7.